The zero-order valence-electron chi connectivity index (χ0n) is 7.63. The number of thiophene rings is 1. The van der Waals surface area contributed by atoms with Crippen molar-refractivity contribution < 1.29 is 0 Å². The highest BCUT2D eigenvalue weighted by atomic mass is 32.1. The number of nitrogens with one attached hydrogen (secondary N) is 1. The van der Waals surface area contributed by atoms with Gasteiger partial charge in [0.1, 0.15) is 0 Å². The third-order valence-corrected chi connectivity index (χ3v) is 2.75. The standard InChI is InChI=1S/C10H15NS/c1-4-8(2)11-7-10-6-5-9(3)12-10/h4-6,8,11H,1,7H2,2-3H3. The lowest BCUT2D eigenvalue weighted by Gasteiger charge is -2.06. The first-order valence-corrected chi connectivity index (χ1v) is 4.95. The van der Waals surface area contributed by atoms with E-state index in [1.807, 2.05) is 17.4 Å². The topological polar surface area (TPSA) is 12.0 Å². The smallest absolute Gasteiger partial charge is 0.0305 e. The van der Waals surface area contributed by atoms with Crippen LogP contribution in [0.3, 0.4) is 0 Å². The molecule has 0 saturated carbocycles. The molecule has 1 atom stereocenters. The van der Waals surface area contributed by atoms with Gasteiger partial charge in [0.05, 0.1) is 0 Å². The summed E-state index contributed by atoms with van der Waals surface area (Å²) in [6, 6.07) is 4.72. The molecule has 1 aromatic heterocycles. The molecule has 1 nitrogen and oxygen atoms in total. The van der Waals surface area contributed by atoms with Gasteiger partial charge in [0.25, 0.3) is 0 Å². The maximum atomic E-state index is 3.72. The lowest BCUT2D eigenvalue weighted by molar-refractivity contribution is 0.640. The van der Waals surface area contributed by atoms with E-state index in [1.165, 1.54) is 9.75 Å². The predicted octanol–water partition coefficient (Wildman–Crippen LogP) is 2.72. The van der Waals surface area contributed by atoms with Crippen LogP contribution < -0.4 is 5.32 Å². The fourth-order valence-corrected chi connectivity index (χ4v) is 1.77. The molecule has 0 fully saturated rings. The molecular formula is C10H15NS. The van der Waals surface area contributed by atoms with Gasteiger partial charge < -0.3 is 5.32 Å². The quantitative estimate of drug-likeness (QED) is 0.704. The maximum absolute atomic E-state index is 3.72. The zero-order chi connectivity index (χ0) is 8.97. The van der Waals surface area contributed by atoms with Crippen LogP contribution in [-0.4, -0.2) is 6.04 Å². The molecule has 0 spiro atoms. The highest BCUT2D eigenvalue weighted by Gasteiger charge is 1.97. The Hall–Kier alpha value is -0.600. The Morgan fingerprint density at radius 2 is 2.42 bits per heavy atom. The Kier molecular flexibility index (Phi) is 3.50. The van der Waals surface area contributed by atoms with Gasteiger partial charge in [-0.25, -0.2) is 0 Å². The average molecular weight is 181 g/mol. The first-order valence-electron chi connectivity index (χ1n) is 4.13. The zero-order valence-corrected chi connectivity index (χ0v) is 8.45. The Morgan fingerprint density at radius 1 is 1.67 bits per heavy atom. The lowest BCUT2D eigenvalue weighted by atomic mass is 10.3. The normalized spacial score (nSPS) is 12.8. The summed E-state index contributed by atoms with van der Waals surface area (Å²) in [7, 11) is 0. The molecule has 0 amide bonds. The van der Waals surface area contributed by atoms with Gasteiger partial charge in [-0.1, -0.05) is 6.08 Å². The molecule has 1 N–H and O–H groups in total. The van der Waals surface area contributed by atoms with Gasteiger partial charge in [0.2, 0.25) is 0 Å². The molecule has 0 saturated heterocycles. The number of aryl methyl sites for hydroxylation is 1. The van der Waals surface area contributed by atoms with Gasteiger partial charge in [0, 0.05) is 22.3 Å². The molecule has 0 aliphatic carbocycles. The Balaban J connectivity index is 2.37. The molecule has 0 aromatic carbocycles. The van der Waals surface area contributed by atoms with Gasteiger partial charge in [-0.3, -0.25) is 0 Å². The van der Waals surface area contributed by atoms with Crippen LogP contribution in [0.4, 0.5) is 0 Å². The van der Waals surface area contributed by atoms with Crippen molar-refractivity contribution in [1.29, 1.82) is 0 Å². The Morgan fingerprint density at radius 3 is 2.92 bits per heavy atom. The minimum absolute atomic E-state index is 0.396. The molecule has 0 radical (unpaired) electrons. The summed E-state index contributed by atoms with van der Waals surface area (Å²) < 4.78 is 0. The summed E-state index contributed by atoms with van der Waals surface area (Å²) in [5, 5.41) is 3.35. The van der Waals surface area contributed by atoms with E-state index in [2.05, 4.69) is 37.9 Å². The molecule has 66 valence electrons. The first kappa shape index (κ1) is 9.49. The molecule has 1 heterocycles. The van der Waals surface area contributed by atoms with Crippen molar-refractivity contribution in [3.63, 3.8) is 0 Å². The molecule has 1 aromatic rings. The second-order valence-electron chi connectivity index (χ2n) is 2.92. The number of rotatable bonds is 4. The van der Waals surface area contributed by atoms with Gasteiger partial charge >= 0.3 is 0 Å². The molecule has 2 heteroatoms. The fraction of sp³-hybridized carbons (Fsp3) is 0.400. The van der Waals surface area contributed by atoms with Crippen molar-refractivity contribution >= 4 is 11.3 Å². The van der Waals surface area contributed by atoms with Crippen LogP contribution in [-0.2, 0) is 6.54 Å². The van der Waals surface area contributed by atoms with Crippen LogP contribution in [0.5, 0.6) is 0 Å². The summed E-state index contributed by atoms with van der Waals surface area (Å²) in [6.07, 6.45) is 1.92. The predicted molar refractivity (Wildman–Crippen MR) is 55.6 cm³/mol. The molecule has 12 heavy (non-hydrogen) atoms. The summed E-state index contributed by atoms with van der Waals surface area (Å²) >= 11 is 1.84. The van der Waals surface area contributed by atoms with E-state index < -0.39 is 0 Å². The largest absolute Gasteiger partial charge is 0.306 e. The molecule has 1 unspecified atom stereocenters. The minimum Gasteiger partial charge on any atom is -0.306 e. The van der Waals surface area contributed by atoms with Crippen LogP contribution in [0, 0.1) is 6.92 Å². The molecule has 0 aliphatic rings. The van der Waals surface area contributed by atoms with Gasteiger partial charge in [-0.2, -0.15) is 0 Å². The highest BCUT2D eigenvalue weighted by Crippen LogP contribution is 2.14. The Labute approximate surface area is 78.1 Å². The summed E-state index contributed by atoms with van der Waals surface area (Å²) in [6.45, 7) is 8.90. The van der Waals surface area contributed by atoms with Crippen molar-refractivity contribution in [3.05, 3.63) is 34.5 Å². The first-order chi connectivity index (χ1) is 5.72. The van der Waals surface area contributed by atoms with Crippen LogP contribution in [0.2, 0.25) is 0 Å². The second kappa shape index (κ2) is 4.43. The van der Waals surface area contributed by atoms with Crippen LogP contribution in [0.1, 0.15) is 16.7 Å². The van der Waals surface area contributed by atoms with Crippen molar-refractivity contribution in [2.24, 2.45) is 0 Å². The summed E-state index contributed by atoms with van der Waals surface area (Å²) in [5.41, 5.74) is 0. The van der Waals surface area contributed by atoms with Gasteiger partial charge in [0.15, 0.2) is 0 Å². The molecular weight excluding hydrogens is 166 g/mol. The van der Waals surface area contributed by atoms with E-state index in [1.54, 1.807) is 0 Å². The van der Waals surface area contributed by atoms with Gasteiger partial charge in [-0.05, 0) is 26.0 Å². The fourth-order valence-electron chi connectivity index (χ4n) is 0.925. The van der Waals surface area contributed by atoms with E-state index in [0.29, 0.717) is 6.04 Å². The third-order valence-electron chi connectivity index (χ3n) is 1.75. The van der Waals surface area contributed by atoms with E-state index >= 15 is 0 Å². The van der Waals surface area contributed by atoms with E-state index in [-0.39, 0.29) is 0 Å². The minimum atomic E-state index is 0.396. The van der Waals surface area contributed by atoms with Crippen LogP contribution in [0.15, 0.2) is 24.8 Å². The molecule has 0 aliphatic heterocycles. The number of hydrogen-bond acceptors (Lipinski definition) is 2. The molecule has 0 bridgehead atoms. The third kappa shape index (κ3) is 2.80. The van der Waals surface area contributed by atoms with Crippen LogP contribution >= 0.6 is 11.3 Å². The molecule has 1 rings (SSSR count). The van der Waals surface area contributed by atoms with Crippen molar-refractivity contribution in [1.82, 2.24) is 5.32 Å². The highest BCUT2D eigenvalue weighted by molar-refractivity contribution is 7.11. The van der Waals surface area contributed by atoms with Crippen molar-refractivity contribution in [3.8, 4) is 0 Å². The van der Waals surface area contributed by atoms with Crippen molar-refractivity contribution in [2.75, 3.05) is 0 Å². The maximum Gasteiger partial charge on any atom is 0.0305 e. The Bertz CT molecular complexity index is 252. The monoisotopic (exact) mass is 181 g/mol. The van der Waals surface area contributed by atoms with Gasteiger partial charge in [-0.15, -0.1) is 17.9 Å². The summed E-state index contributed by atoms with van der Waals surface area (Å²) in [4.78, 5) is 2.76. The van der Waals surface area contributed by atoms with E-state index in [0.717, 1.165) is 6.54 Å². The average Bonchev–Trinajstić information content (AvgIpc) is 2.47. The SMILES string of the molecule is C=CC(C)NCc1ccc(C)s1. The van der Waals surface area contributed by atoms with E-state index in [9.17, 15) is 0 Å². The van der Waals surface area contributed by atoms with Crippen molar-refractivity contribution in [2.45, 2.75) is 26.4 Å². The van der Waals surface area contributed by atoms with E-state index in [4.69, 9.17) is 0 Å². The number of hydrogen-bond donors (Lipinski definition) is 1. The van der Waals surface area contributed by atoms with Crippen LogP contribution in [0.25, 0.3) is 0 Å². The lowest BCUT2D eigenvalue weighted by Crippen LogP contribution is -2.22. The second-order valence-corrected chi connectivity index (χ2v) is 4.29. The summed E-state index contributed by atoms with van der Waals surface area (Å²) in [5.74, 6) is 0.